The monoisotopic (exact) mass is 308 g/mol. The van der Waals surface area contributed by atoms with Crippen molar-refractivity contribution in [2.24, 2.45) is 5.41 Å². The number of hydrogen-bond donors (Lipinski definition) is 2. The highest BCUT2D eigenvalue weighted by molar-refractivity contribution is 5.98. The molecule has 2 N–H and O–H groups in total. The first kappa shape index (κ1) is 14.3. The van der Waals surface area contributed by atoms with Gasteiger partial charge in [0.1, 0.15) is 5.84 Å². The Labute approximate surface area is 135 Å². The van der Waals surface area contributed by atoms with E-state index in [1.54, 1.807) is 4.90 Å². The van der Waals surface area contributed by atoms with Crippen LogP contribution in [-0.4, -0.2) is 22.3 Å². The molecular formula is C18H20N4O. The zero-order valence-electron chi connectivity index (χ0n) is 13.0. The van der Waals surface area contributed by atoms with Crippen LogP contribution < -0.4 is 5.32 Å². The number of urea groups is 1. The number of nitrogens with zero attached hydrogens (tertiary/aromatic N) is 2. The molecule has 0 spiro atoms. The summed E-state index contributed by atoms with van der Waals surface area (Å²) in [6.45, 7) is 0. The second-order valence-electron chi connectivity index (χ2n) is 7.24. The molecule has 1 aromatic carbocycles. The Hall–Kier alpha value is -2.35. The SMILES string of the molecule is N#CC12CCC(NC(=O)N3C(=N)CCC3c3ccccc3)(C1)C2. The molecule has 2 amide bonds. The van der Waals surface area contributed by atoms with Crippen LogP contribution in [0.4, 0.5) is 4.79 Å². The van der Waals surface area contributed by atoms with E-state index in [4.69, 9.17) is 5.41 Å². The van der Waals surface area contributed by atoms with Crippen molar-refractivity contribution in [2.45, 2.75) is 50.1 Å². The lowest BCUT2D eigenvalue weighted by Gasteiger charge is -2.44. The molecule has 1 aromatic rings. The summed E-state index contributed by atoms with van der Waals surface area (Å²) >= 11 is 0. The first-order chi connectivity index (χ1) is 11.1. The zero-order valence-corrected chi connectivity index (χ0v) is 13.0. The number of rotatable bonds is 2. The molecule has 0 radical (unpaired) electrons. The van der Waals surface area contributed by atoms with Gasteiger partial charge < -0.3 is 5.32 Å². The van der Waals surface area contributed by atoms with Crippen LogP contribution in [0.5, 0.6) is 0 Å². The van der Waals surface area contributed by atoms with Gasteiger partial charge in [0, 0.05) is 12.0 Å². The van der Waals surface area contributed by atoms with E-state index in [0.29, 0.717) is 12.3 Å². The van der Waals surface area contributed by atoms with Gasteiger partial charge in [0.15, 0.2) is 0 Å². The first-order valence-corrected chi connectivity index (χ1v) is 8.22. The molecule has 1 saturated heterocycles. The van der Waals surface area contributed by atoms with E-state index < -0.39 is 0 Å². The molecule has 4 aliphatic rings. The number of amidine groups is 1. The van der Waals surface area contributed by atoms with Gasteiger partial charge in [-0.25, -0.2) is 4.79 Å². The van der Waals surface area contributed by atoms with Crippen molar-refractivity contribution in [1.29, 1.82) is 10.7 Å². The summed E-state index contributed by atoms with van der Waals surface area (Å²) in [6.07, 6.45) is 4.71. The minimum absolute atomic E-state index is 0.0534. The normalized spacial score (nSPS) is 34.8. The van der Waals surface area contributed by atoms with E-state index in [1.165, 1.54) is 0 Å². The quantitative estimate of drug-likeness (QED) is 0.878. The van der Waals surface area contributed by atoms with Crippen LogP contribution in [0.1, 0.15) is 50.1 Å². The maximum Gasteiger partial charge on any atom is 0.323 e. The van der Waals surface area contributed by atoms with Gasteiger partial charge in [-0.2, -0.15) is 5.26 Å². The summed E-state index contributed by atoms with van der Waals surface area (Å²) in [5.74, 6) is 0.386. The molecule has 118 valence electrons. The smallest absolute Gasteiger partial charge is 0.323 e. The summed E-state index contributed by atoms with van der Waals surface area (Å²) < 4.78 is 0. The summed E-state index contributed by atoms with van der Waals surface area (Å²) in [6, 6.07) is 12.1. The fourth-order valence-electron chi connectivity index (χ4n) is 4.61. The fraction of sp³-hybridized carbons (Fsp3) is 0.500. The third-order valence-corrected chi connectivity index (χ3v) is 5.71. The number of fused-ring (bicyclic) bond motifs is 1. The van der Waals surface area contributed by atoms with E-state index in [9.17, 15) is 10.1 Å². The molecule has 5 rings (SSSR count). The van der Waals surface area contributed by atoms with Crippen LogP contribution in [0.15, 0.2) is 30.3 Å². The molecule has 5 nitrogen and oxygen atoms in total. The Morgan fingerprint density at radius 2 is 2.04 bits per heavy atom. The van der Waals surface area contributed by atoms with E-state index in [-0.39, 0.29) is 23.0 Å². The van der Waals surface area contributed by atoms with Gasteiger partial charge in [-0.15, -0.1) is 0 Å². The Morgan fingerprint density at radius 1 is 1.30 bits per heavy atom. The van der Waals surface area contributed by atoms with Gasteiger partial charge in [-0.3, -0.25) is 10.3 Å². The van der Waals surface area contributed by atoms with Crippen LogP contribution in [0.3, 0.4) is 0 Å². The summed E-state index contributed by atoms with van der Waals surface area (Å²) in [4.78, 5) is 14.4. The molecule has 1 aliphatic heterocycles. The summed E-state index contributed by atoms with van der Waals surface area (Å²) in [5, 5.41) is 20.6. The van der Waals surface area contributed by atoms with Crippen molar-refractivity contribution in [1.82, 2.24) is 10.2 Å². The lowest BCUT2D eigenvalue weighted by Crippen LogP contribution is -2.58. The molecule has 3 saturated carbocycles. The molecule has 4 fully saturated rings. The van der Waals surface area contributed by atoms with Gasteiger partial charge in [0.2, 0.25) is 0 Å². The Balaban J connectivity index is 1.51. The molecule has 23 heavy (non-hydrogen) atoms. The number of carbonyl (C=O) groups is 1. The van der Waals surface area contributed by atoms with E-state index in [2.05, 4.69) is 11.4 Å². The lowest BCUT2D eigenvalue weighted by atomic mass is 9.66. The van der Waals surface area contributed by atoms with Crippen LogP contribution in [0.2, 0.25) is 0 Å². The fourth-order valence-corrected chi connectivity index (χ4v) is 4.61. The zero-order chi connectivity index (χ0) is 16.1. The highest BCUT2D eigenvalue weighted by Crippen LogP contribution is 2.61. The molecule has 1 atom stereocenters. The molecule has 1 unspecified atom stereocenters. The van der Waals surface area contributed by atoms with Crippen LogP contribution in [0, 0.1) is 22.2 Å². The van der Waals surface area contributed by atoms with Gasteiger partial charge >= 0.3 is 6.03 Å². The Kier molecular flexibility index (Phi) is 2.99. The van der Waals surface area contributed by atoms with Gasteiger partial charge in [0.25, 0.3) is 0 Å². The predicted molar refractivity (Wildman–Crippen MR) is 85.8 cm³/mol. The highest BCUT2D eigenvalue weighted by Gasteiger charge is 2.62. The molecule has 1 heterocycles. The molecule has 3 aliphatic carbocycles. The maximum absolute atomic E-state index is 12.8. The van der Waals surface area contributed by atoms with Crippen molar-refractivity contribution < 1.29 is 4.79 Å². The second-order valence-corrected chi connectivity index (χ2v) is 7.24. The third-order valence-electron chi connectivity index (χ3n) is 5.71. The van der Waals surface area contributed by atoms with Crippen LogP contribution in [0.25, 0.3) is 0 Å². The van der Waals surface area contributed by atoms with Crippen molar-refractivity contribution in [3.8, 4) is 6.07 Å². The second kappa shape index (κ2) is 4.82. The summed E-state index contributed by atoms with van der Waals surface area (Å²) in [5.41, 5.74) is 0.662. The number of nitrogens with one attached hydrogen (secondary N) is 2. The third kappa shape index (κ3) is 2.13. The van der Waals surface area contributed by atoms with Gasteiger partial charge in [-0.05, 0) is 37.7 Å². The summed E-state index contributed by atoms with van der Waals surface area (Å²) in [7, 11) is 0. The van der Waals surface area contributed by atoms with E-state index in [0.717, 1.165) is 37.7 Å². The van der Waals surface area contributed by atoms with Crippen LogP contribution in [-0.2, 0) is 0 Å². The van der Waals surface area contributed by atoms with Crippen molar-refractivity contribution >= 4 is 11.9 Å². The number of likely N-dealkylation sites (tertiary alicyclic amines) is 1. The number of carbonyl (C=O) groups excluding carboxylic acids is 1. The minimum Gasteiger partial charge on any atom is -0.332 e. The minimum atomic E-state index is -0.211. The largest absolute Gasteiger partial charge is 0.332 e. The van der Waals surface area contributed by atoms with Crippen molar-refractivity contribution in [3.05, 3.63) is 35.9 Å². The standard InChI is InChI=1S/C18H20N4O/c19-12-17-8-9-18(10-17,11-17)21-16(23)22-14(6-7-15(22)20)13-4-2-1-3-5-13/h1-5,14,20H,6-11H2,(H,21,23). The average molecular weight is 308 g/mol. The molecule has 2 bridgehead atoms. The van der Waals surface area contributed by atoms with Crippen LogP contribution >= 0.6 is 0 Å². The average Bonchev–Trinajstić information content (AvgIpc) is 3.19. The predicted octanol–water partition coefficient (Wildman–Crippen LogP) is 3.35. The lowest BCUT2D eigenvalue weighted by molar-refractivity contribution is 0.130. The van der Waals surface area contributed by atoms with Gasteiger partial charge in [0.05, 0.1) is 17.5 Å². The number of nitriles is 1. The highest BCUT2D eigenvalue weighted by atomic mass is 16.2. The Morgan fingerprint density at radius 3 is 2.70 bits per heavy atom. The molecular weight excluding hydrogens is 288 g/mol. The molecule has 5 heteroatoms. The first-order valence-electron chi connectivity index (χ1n) is 8.22. The van der Waals surface area contributed by atoms with E-state index in [1.807, 2.05) is 30.3 Å². The number of amides is 2. The molecule has 0 aromatic heterocycles. The van der Waals surface area contributed by atoms with Crippen molar-refractivity contribution in [2.75, 3.05) is 0 Å². The number of hydrogen-bond acceptors (Lipinski definition) is 3. The maximum atomic E-state index is 12.8. The number of benzene rings is 1. The topological polar surface area (TPSA) is 80.0 Å². The Bertz CT molecular complexity index is 699. The van der Waals surface area contributed by atoms with Gasteiger partial charge in [-0.1, -0.05) is 30.3 Å². The van der Waals surface area contributed by atoms with E-state index >= 15 is 0 Å². The van der Waals surface area contributed by atoms with Crippen molar-refractivity contribution in [3.63, 3.8) is 0 Å².